The summed E-state index contributed by atoms with van der Waals surface area (Å²) in [4.78, 5) is 0. The smallest absolute Gasteiger partial charge is 0.0876 e. The molecular formula is C19H36O. The third-order valence-corrected chi connectivity index (χ3v) is 4.17. The highest BCUT2D eigenvalue weighted by Gasteiger charge is 2.36. The molecule has 2 unspecified atom stereocenters. The van der Waals surface area contributed by atoms with E-state index in [-0.39, 0.29) is 0 Å². The van der Waals surface area contributed by atoms with Gasteiger partial charge < -0.3 is 4.74 Å². The average molecular weight is 280 g/mol. The fraction of sp³-hybridized carbons (Fsp3) is 0.895. The van der Waals surface area contributed by atoms with Crippen LogP contribution in [0.1, 0.15) is 91.4 Å². The maximum absolute atomic E-state index is 5.73. The van der Waals surface area contributed by atoms with E-state index in [2.05, 4.69) is 32.9 Å². The molecule has 0 aromatic carbocycles. The molecule has 20 heavy (non-hydrogen) atoms. The maximum atomic E-state index is 5.73. The molecular weight excluding hydrogens is 244 g/mol. The highest BCUT2D eigenvalue weighted by atomic mass is 16.6. The quantitative estimate of drug-likeness (QED) is 0.220. The van der Waals surface area contributed by atoms with E-state index in [0.29, 0.717) is 12.2 Å². The predicted octanol–water partition coefficient (Wildman–Crippen LogP) is 6.28. The van der Waals surface area contributed by atoms with Crippen molar-refractivity contribution in [3.05, 3.63) is 12.2 Å². The Balaban J connectivity index is 1.82. The van der Waals surface area contributed by atoms with E-state index in [1.165, 1.54) is 64.2 Å². The lowest BCUT2D eigenvalue weighted by molar-refractivity contribution is 0.358. The minimum Gasteiger partial charge on any atom is -0.369 e. The second-order valence-electron chi connectivity index (χ2n) is 6.81. The summed E-state index contributed by atoms with van der Waals surface area (Å²) in [6, 6.07) is 0. The first-order chi connectivity index (χ1) is 9.74. The van der Waals surface area contributed by atoms with Crippen molar-refractivity contribution in [2.24, 2.45) is 5.92 Å². The molecule has 1 fully saturated rings. The highest BCUT2D eigenvalue weighted by Crippen LogP contribution is 2.30. The molecule has 1 aliphatic rings. The van der Waals surface area contributed by atoms with Crippen LogP contribution in [-0.2, 0) is 4.74 Å². The van der Waals surface area contributed by atoms with Crippen LogP contribution in [0.5, 0.6) is 0 Å². The Labute approximate surface area is 127 Å². The number of hydrogen-bond donors (Lipinski definition) is 0. The molecule has 0 amide bonds. The Morgan fingerprint density at radius 3 is 2.15 bits per heavy atom. The van der Waals surface area contributed by atoms with Gasteiger partial charge in [-0.05, 0) is 25.2 Å². The summed E-state index contributed by atoms with van der Waals surface area (Å²) in [7, 11) is 0. The second kappa shape index (κ2) is 11.4. The first-order valence-electron chi connectivity index (χ1n) is 9.04. The van der Waals surface area contributed by atoms with Gasteiger partial charge in [0.2, 0.25) is 0 Å². The number of epoxide rings is 1. The van der Waals surface area contributed by atoms with Crippen molar-refractivity contribution in [3.63, 3.8) is 0 Å². The predicted molar refractivity (Wildman–Crippen MR) is 89.1 cm³/mol. The van der Waals surface area contributed by atoms with Gasteiger partial charge in [0, 0.05) is 0 Å². The van der Waals surface area contributed by atoms with Crippen LogP contribution in [0.4, 0.5) is 0 Å². The lowest BCUT2D eigenvalue weighted by atomic mass is 10.0. The van der Waals surface area contributed by atoms with Crippen LogP contribution in [0, 0.1) is 5.92 Å². The molecule has 1 aliphatic heterocycles. The minimum atomic E-state index is 0.544. The highest BCUT2D eigenvalue weighted by molar-refractivity contribution is 4.93. The minimum absolute atomic E-state index is 0.544. The van der Waals surface area contributed by atoms with E-state index in [0.717, 1.165) is 12.3 Å². The number of allylic oxidation sites excluding steroid dienone is 1. The van der Waals surface area contributed by atoms with E-state index in [1.807, 2.05) is 0 Å². The Morgan fingerprint density at radius 1 is 0.850 bits per heavy atom. The maximum Gasteiger partial charge on any atom is 0.0876 e. The van der Waals surface area contributed by atoms with Gasteiger partial charge in [0.15, 0.2) is 0 Å². The van der Waals surface area contributed by atoms with Gasteiger partial charge in [0.1, 0.15) is 0 Å². The van der Waals surface area contributed by atoms with Gasteiger partial charge in [-0.1, -0.05) is 84.3 Å². The zero-order chi connectivity index (χ0) is 14.6. The third kappa shape index (κ3) is 9.58. The van der Waals surface area contributed by atoms with E-state index in [1.54, 1.807) is 0 Å². The zero-order valence-electron chi connectivity index (χ0n) is 14.1. The normalized spacial score (nSPS) is 22.0. The van der Waals surface area contributed by atoms with E-state index >= 15 is 0 Å². The van der Waals surface area contributed by atoms with Gasteiger partial charge in [-0.2, -0.15) is 0 Å². The topological polar surface area (TPSA) is 12.5 Å². The van der Waals surface area contributed by atoms with Crippen LogP contribution >= 0.6 is 0 Å². The molecule has 0 N–H and O–H groups in total. The Kier molecular flexibility index (Phi) is 10.1. The van der Waals surface area contributed by atoms with E-state index < -0.39 is 0 Å². The molecule has 0 aromatic heterocycles. The first kappa shape index (κ1) is 17.8. The molecule has 1 saturated heterocycles. The molecule has 1 rings (SSSR count). The van der Waals surface area contributed by atoms with Gasteiger partial charge >= 0.3 is 0 Å². The van der Waals surface area contributed by atoms with Crippen molar-refractivity contribution in [2.45, 2.75) is 104 Å². The standard InChI is InChI=1S/C19H36O/c1-4-5-6-7-8-9-10-11-15-18-19(20-18)16-13-12-14-17(2)3/h12-13,17-19H,4-11,14-16H2,1-3H3/b13-12-. The number of rotatable bonds is 13. The lowest BCUT2D eigenvalue weighted by Gasteiger charge is -2.00. The summed E-state index contributed by atoms with van der Waals surface area (Å²) < 4.78 is 5.73. The lowest BCUT2D eigenvalue weighted by Crippen LogP contribution is -1.93. The summed E-state index contributed by atoms with van der Waals surface area (Å²) in [6.45, 7) is 6.82. The molecule has 0 aromatic rings. The molecule has 0 radical (unpaired) electrons. The van der Waals surface area contributed by atoms with Crippen LogP contribution in [0.15, 0.2) is 12.2 Å². The fourth-order valence-corrected chi connectivity index (χ4v) is 2.72. The molecule has 1 heterocycles. The summed E-state index contributed by atoms with van der Waals surface area (Å²) in [5.41, 5.74) is 0. The van der Waals surface area contributed by atoms with E-state index in [4.69, 9.17) is 4.74 Å². The molecule has 2 atom stereocenters. The van der Waals surface area contributed by atoms with Crippen molar-refractivity contribution < 1.29 is 4.74 Å². The summed E-state index contributed by atoms with van der Waals surface area (Å²) >= 11 is 0. The molecule has 0 saturated carbocycles. The van der Waals surface area contributed by atoms with Crippen LogP contribution in [0.2, 0.25) is 0 Å². The monoisotopic (exact) mass is 280 g/mol. The van der Waals surface area contributed by atoms with Crippen LogP contribution in [0.3, 0.4) is 0 Å². The molecule has 1 nitrogen and oxygen atoms in total. The van der Waals surface area contributed by atoms with Crippen molar-refractivity contribution in [2.75, 3.05) is 0 Å². The SMILES string of the molecule is CCCCCCCCCCC1OC1C/C=C\CC(C)C. The molecule has 0 aliphatic carbocycles. The second-order valence-corrected chi connectivity index (χ2v) is 6.81. The van der Waals surface area contributed by atoms with Crippen LogP contribution in [0.25, 0.3) is 0 Å². The summed E-state index contributed by atoms with van der Waals surface area (Å²) in [6.07, 6.45) is 20.7. The van der Waals surface area contributed by atoms with Crippen molar-refractivity contribution in [3.8, 4) is 0 Å². The Morgan fingerprint density at radius 2 is 1.50 bits per heavy atom. The largest absolute Gasteiger partial charge is 0.369 e. The number of hydrogen-bond acceptors (Lipinski definition) is 1. The van der Waals surface area contributed by atoms with Crippen LogP contribution < -0.4 is 0 Å². The average Bonchev–Trinajstić information content (AvgIpc) is 3.16. The molecule has 118 valence electrons. The van der Waals surface area contributed by atoms with Crippen molar-refractivity contribution in [1.82, 2.24) is 0 Å². The Hall–Kier alpha value is -0.300. The molecule has 1 heteroatoms. The zero-order valence-corrected chi connectivity index (χ0v) is 14.1. The fourth-order valence-electron chi connectivity index (χ4n) is 2.72. The number of ether oxygens (including phenoxy) is 1. The summed E-state index contributed by atoms with van der Waals surface area (Å²) in [5, 5.41) is 0. The van der Waals surface area contributed by atoms with Crippen LogP contribution in [-0.4, -0.2) is 12.2 Å². The van der Waals surface area contributed by atoms with Gasteiger partial charge in [-0.15, -0.1) is 0 Å². The third-order valence-electron chi connectivity index (χ3n) is 4.17. The van der Waals surface area contributed by atoms with E-state index in [9.17, 15) is 0 Å². The van der Waals surface area contributed by atoms with Gasteiger partial charge in [-0.25, -0.2) is 0 Å². The number of unbranched alkanes of at least 4 members (excludes halogenated alkanes) is 7. The van der Waals surface area contributed by atoms with Gasteiger partial charge in [0.25, 0.3) is 0 Å². The van der Waals surface area contributed by atoms with Crippen molar-refractivity contribution in [1.29, 1.82) is 0 Å². The first-order valence-corrected chi connectivity index (χ1v) is 9.04. The van der Waals surface area contributed by atoms with Gasteiger partial charge in [-0.3, -0.25) is 0 Å². The Bertz CT molecular complexity index is 244. The van der Waals surface area contributed by atoms with Crippen molar-refractivity contribution >= 4 is 0 Å². The van der Waals surface area contributed by atoms with Gasteiger partial charge in [0.05, 0.1) is 12.2 Å². The molecule has 0 spiro atoms. The summed E-state index contributed by atoms with van der Waals surface area (Å²) in [5.74, 6) is 0.777. The molecule has 0 bridgehead atoms.